The molecule has 3 aliphatic carbocycles. The number of fused-ring (bicyclic) bond motifs is 3. The standard InChI is InChI=1S/C19H26O4/c1-18-8-3-9-19(2,17(22)23)15(18)7-5-13-10-12(11-16(20)21)4-6-14(13)18/h10-11,14-15H,3-9H2,1-2H3,(H,20,21)(H,22,23)/t14-,15?,18+,19-/m0/s1. The maximum atomic E-state index is 11.9. The van der Waals surface area contributed by atoms with Crippen molar-refractivity contribution in [1.29, 1.82) is 0 Å². The molecule has 0 spiro atoms. The van der Waals surface area contributed by atoms with Crippen molar-refractivity contribution in [2.45, 2.75) is 58.8 Å². The summed E-state index contributed by atoms with van der Waals surface area (Å²) in [5, 5.41) is 18.8. The summed E-state index contributed by atoms with van der Waals surface area (Å²) < 4.78 is 0. The molecule has 3 rings (SSSR count). The quantitative estimate of drug-likeness (QED) is 0.754. The van der Waals surface area contributed by atoms with E-state index in [1.807, 2.05) is 6.92 Å². The number of carboxylic acid groups (broad SMARTS) is 2. The zero-order valence-electron chi connectivity index (χ0n) is 14.0. The number of carbonyl (C=O) groups is 2. The van der Waals surface area contributed by atoms with Crippen LogP contribution in [0.25, 0.3) is 0 Å². The van der Waals surface area contributed by atoms with Gasteiger partial charge in [0.1, 0.15) is 0 Å². The van der Waals surface area contributed by atoms with Gasteiger partial charge in [-0.1, -0.05) is 25.0 Å². The average Bonchev–Trinajstić information content (AvgIpc) is 2.46. The molecule has 23 heavy (non-hydrogen) atoms. The van der Waals surface area contributed by atoms with E-state index in [9.17, 15) is 14.7 Å². The molecule has 0 bridgehead atoms. The number of hydrogen-bond acceptors (Lipinski definition) is 2. The molecule has 2 fully saturated rings. The molecule has 0 aromatic heterocycles. The summed E-state index contributed by atoms with van der Waals surface area (Å²) in [6.45, 7) is 4.21. The minimum absolute atomic E-state index is 0.0320. The summed E-state index contributed by atoms with van der Waals surface area (Å²) in [7, 11) is 0. The highest BCUT2D eigenvalue weighted by Gasteiger charge is 2.57. The molecule has 4 nitrogen and oxygen atoms in total. The molecule has 0 heterocycles. The molecular formula is C19H26O4. The second-order valence-electron chi connectivity index (χ2n) is 8.04. The first-order valence-electron chi connectivity index (χ1n) is 8.65. The fraction of sp³-hybridized carbons (Fsp3) is 0.684. The lowest BCUT2D eigenvalue weighted by Gasteiger charge is -2.58. The molecule has 0 aromatic rings. The van der Waals surface area contributed by atoms with Crippen LogP contribution in [0.5, 0.6) is 0 Å². The maximum absolute atomic E-state index is 11.9. The zero-order valence-corrected chi connectivity index (χ0v) is 14.0. The molecule has 0 amide bonds. The Morgan fingerprint density at radius 2 is 1.91 bits per heavy atom. The van der Waals surface area contributed by atoms with Crippen molar-refractivity contribution < 1.29 is 19.8 Å². The molecule has 3 aliphatic rings. The minimum Gasteiger partial charge on any atom is -0.481 e. The van der Waals surface area contributed by atoms with Gasteiger partial charge in [-0.05, 0) is 68.3 Å². The number of rotatable bonds is 2. The van der Waals surface area contributed by atoms with Crippen LogP contribution in [-0.4, -0.2) is 22.2 Å². The van der Waals surface area contributed by atoms with E-state index < -0.39 is 17.4 Å². The van der Waals surface area contributed by atoms with Crippen molar-refractivity contribution in [2.24, 2.45) is 22.7 Å². The maximum Gasteiger partial charge on any atom is 0.328 e. The fourth-order valence-electron chi connectivity index (χ4n) is 5.72. The van der Waals surface area contributed by atoms with Crippen LogP contribution >= 0.6 is 0 Å². The van der Waals surface area contributed by atoms with Gasteiger partial charge in [0.05, 0.1) is 5.41 Å². The number of aliphatic carboxylic acids is 2. The van der Waals surface area contributed by atoms with E-state index >= 15 is 0 Å². The van der Waals surface area contributed by atoms with Gasteiger partial charge in [0.25, 0.3) is 0 Å². The highest BCUT2D eigenvalue weighted by molar-refractivity contribution is 5.81. The highest BCUT2D eigenvalue weighted by Crippen LogP contribution is 2.63. The third-order valence-corrected chi connectivity index (χ3v) is 6.83. The molecule has 0 aromatic carbocycles. The summed E-state index contributed by atoms with van der Waals surface area (Å²) in [6, 6.07) is 0. The van der Waals surface area contributed by atoms with Crippen molar-refractivity contribution in [3.05, 3.63) is 23.3 Å². The third-order valence-electron chi connectivity index (χ3n) is 6.83. The Morgan fingerprint density at radius 1 is 1.17 bits per heavy atom. The number of carboxylic acids is 2. The van der Waals surface area contributed by atoms with Gasteiger partial charge in [0.2, 0.25) is 0 Å². The van der Waals surface area contributed by atoms with Gasteiger partial charge < -0.3 is 10.2 Å². The first kappa shape index (κ1) is 16.3. The SMILES string of the molecule is C[C@]12CCC[C@](C)(C(=O)O)C1CCC1=CC(=CC(=O)O)CC[C@@H]12. The van der Waals surface area contributed by atoms with Crippen LogP contribution in [0.4, 0.5) is 0 Å². The van der Waals surface area contributed by atoms with Gasteiger partial charge in [0, 0.05) is 6.08 Å². The van der Waals surface area contributed by atoms with E-state index in [1.54, 1.807) is 0 Å². The normalized spacial score (nSPS) is 41.7. The Morgan fingerprint density at radius 3 is 2.57 bits per heavy atom. The van der Waals surface area contributed by atoms with Crippen molar-refractivity contribution in [3.63, 3.8) is 0 Å². The van der Waals surface area contributed by atoms with E-state index in [2.05, 4.69) is 13.0 Å². The lowest BCUT2D eigenvalue weighted by molar-refractivity contribution is -0.164. The van der Waals surface area contributed by atoms with Gasteiger partial charge in [-0.2, -0.15) is 0 Å². The second-order valence-corrected chi connectivity index (χ2v) is 8.04. The predicted octanol–water partition coefficient (Wildman–Crippen LogP) is 4.02. The second kappa shape index (κ2) is 5.50. The molecular weight excluding hydrogens is 292 g/mol. The first-order chi connectivity index (χ1) is 10.8. The van der Waals surface area contributed by atoms with E-state index in [0.29, 0.717) is 5.92 Å². The Kier molecular flexibility index (Phi) is 3.89. The Labute approximate surface area is 137 Å². The summed E-state index contributed by atoms with van der Waals surface area (Å²) >= 11 is 0. The van der Waals surface area contributed by atoms with Crippen molar-refractivity contribution >= 4 is 11.9 Å². The molecule has 4 atom stereocenters. The van der Waals surface area contributed by atoms with Gasteiger partial charge in [-0.25, -0.2) is 4.79 Å². The van der Waals surface area contributed by atoms with E-state index in [1.165, 1.54) is 11.6 Å². The van der Waals surface area contributed by atoms with Crippen molar-refractivity contribution in [1.82, 2.24) is 0 Å². The molecule has 0 aliphatic heterocycles. The van der Waals surface area contributed by atoms with Crippen LogP contribution in [0.3, 0.4) is 0 Å². The van der Waals surface area contributed by atoms with Gasteiger partial charge in [-0.3, -0.25) is 4.79 Å². The fourth-order valence-corrected chi connectivity index (χ4v) is 5.72. The van der Waals surface area contributed by atoms with E-state index in [-0.39, 0.29) is 11.3 Å². The molecule has 1 unspecified atom stereocenters. The van der Waals surface area contributed by atoms with Crippen LogP contribution < -0.4 is 0 Å². The summed E-state index contributed by atoms with van der Waals surface area (Å²) in [4.78, 5) is 22.8. The van der Waals surface area contributed by atoms with Gasteiger partial charge >= 0.3 is 11.9 Å². The van der Waals surface area contributed by atoms with E-state index in [0.717, 1.165) is 50.5 Å². The van der Waals surface area contributed by atoms with Gasteiger partial charge in [0.15, 0.2) is 0 Å². The van der Waals surface area contributed by atoms with Crippen LogP contribution in [-0.2, 0) is 9.59 Å². The predicted molar refractivity (Wildman–Crippen MR) is 87.0 cm³/mol. The monoisotopic (exact) mass is 318 g/mol. The molecule has 4 heteroatoms. The van der Waals surface area contributed by atoms with Crippen molar-refractivity contribution in [2.75, 3.05) is 0 Å². The molecule has 2 saturated carbocycles. The third kappa shape index (κ3) is 2.52. The smallest absolute Gasteiger partial charge is 0.328 e. The number of hydrogen-bond donors (Lipinski definition) is 2. The minimum atomic E-state index is -0.883. The van der Waals surface area contributed by atoms with Crippen LogP contribution in [0.1, 0.15) is 58.8 Å². The first-order valence-corrected chi connectivity index (χ1v) is 8.65. The van der Waals surface area contributed by atoms with Crippen molar-refractivity contribution in [3.8, 4) is 0 Å². The summed E-state index contributed by atoms with van der Waals surface area (Å²) in [5.74, 6) is -0.908. The lowest BCUT2D eigenvalue weighted by atomic mass is 9.46. The molecule has 0 radical (unpaired) electrons. The lowest BCUT2D eigenvalue weighted by Crippen LogP contribution is -2.53. The Bertz CT molecular complexity index is 602. The molecule has 126 valence electrons. The zero-order chi connectivity index (χ0) is 16.8. The summed E-state index contributed by atoms with van der Waals surface area (Å²) in [5.41, 5.74) is 1.67. The molecule has 2 N–H and O–H groups in total. The van der Waals surface area contributed by atoms with Crippen LogP contribution in [0.15, 0.2) is 23.3 Å². The number of allylic oxidation sites excluding steroid dienone is 3. The van der Waals surface area contributed by atoms with E-state index in [4.69, 9.17) is 5.11 Å². The average molecular weight is 318 g/mol. The van der Waals surface area contributed by atoms with Crippen LogP contribution in [0.2, 0.25) is 0 Å². The Hall–Kier alpha value is -1.58. The topological polar surface area (TPSA) is 74.6 Å². The Balaban J connectivity index is 1.95. The van der Waals surface area contributed by atoms with Crippen LogP contribution in [0, 0.1) is 22.7 Å². The largest absolute Gasteiger partial charge is 0.481 e. The summed E-state index contributed by atoms with van der Waals surface area (Å²) in [6.07, 6.45) is 9.78. The van der Waals surface area contributed by atoms with Gasteiger partial charge in [-0.15, -0.1) is 0 Å². The highest BCUT2D eigenvalue weighted by atomic mass is 16.4. The molecule has 0 saturated heterocycles.